The molecule has 0 bridgehead atoms. The fourth-order valence-corrected chi connectivity index (χ4v) is 3.45. The van der Waals surface area contributed by atoms with Crippen molar-refractivity contribution in [3.8, 4) is 0 Å². The van der Waals surface area contributed by atoms with Gasteiger partial charge in [0.25, 0.3) is 11.6 Å². The molecule has 2 aliphatic heterocycles. The summed E-state index contributed by atoms with van der Waals surface area (Å²) >= 11 is 6.03. The molecule has 1 amide bonds. The van der Waals surface area contributed by atoms with Gasteiger partial charge in [-0.1, -0.05) is 17.7 Å². The van der Waals surface area contributed by atoms with Crippen LogP contribution in [0.25, 0.3) is 0 Å². The molecule has 21 heavy (non-hydrogen) atoms. The standard InChI is InChI=1S/C14H16ClN3O3/c15-13-11(4-1-5-12(13)18(20)21)14(19)17-8-7-16-6-2-3-10(16)9-17/h1,4-5,10H,2-3,6-9H2. The molecule has 0 N–H and O–H groups in total. The highest BCUT2D eigenvalue weighted by Gasteiger charge is 2.33. The first kappa shape index (κ1) is 14.3. The van der Waals surface area contributed by atoms with Gasteiger partial charge in [-0.15, -0.1) is 0 Å². The Labute approximate surface area is 127 Å². The van der Waals surface area contributed by atoms with Crippen LogP contribution in [0.5, 0.6) is 0 Å². The molecule has 1 atom stereocenters. The van der Waals surface area contributed by atoms with Crippen molar-refractivity contribution in [1.29, 1.82) is 0 Å². The molecule has 1 aromatic rings. The summed E-state index contributed by atoms with van der Waals surface area (Å²) in [7, 11) is 0. The van der Waals surface area contributed by atoms with Gasteiger partial charge in [0.2, 0.25) is 0 Å². The van der Waals surface area contributed by atoms with Crippen molar-refractivity contribution in [2.75, 3.05) is 26.2 Å². The summed E-state index contributed by atoms with van der Waals surface area (Å²) in [5, 5.41) is 10.8. The Morgan fingerprint density at radius 3 is 2.90 bits per heavy atom. The smallest absolute Gasteiger partial charge is 0.288 e. The van der Waals surface area contributed by atoms with E-state index in [4.69, 9.17) is 11.6 Å². The van der Waals surface area contributed by atoms with Crippen LogP contribution in [0.3, 0.4) is 0 Å². The van der Waals surface area contributed by atoms with Crippen LogP contribution in [-0.2, 0) is 0 Å². The summed E-state index contributed by atoms with van der Waals surface area (Å²) < 4.78 is 0. The quantitative estimate of drug-likeness (QED) is 0.620. The van der Waals surface area contributed by atoms with E-state index in [2.05, 4.69) is 4.90 Å². The topological polar surface area (TPSA) is 66.7 Å². The van der Waals surface area contributed by atoms with Gasteiger partial charge >= 0.3 is 0 Å². The Kier molecular flexibility index (Phi) is 3.82. The van der Waals surface area contributed by atoms with E-state index < -0.39 is 4.92 Å². The van der Waals surface area contributed by atoms with Gasteiger partial charge in [0.05, 0.1) is 10.5 Å². The average molecular weight is 310 g/mol. The van der Waals surface area contributed by atoms with Gasteiger partial charge in [0.1, 0.15) is 5.02 Å². The van der Waals surface area contributed by atoms with E-state index >= 15 is 0 Å². The number of carbonyl (C=O) groups excluding carboxylic acids is 1. The van der Waals surface area contributed by atoms with E-state index in [-0.39, 0.29) is 22.2 Å². The first-order valence-electron chi connectivity index (χ1n) is 7.04. The first-order valence-corrected chi connectivity index (χ1v) is 7.42. The molecule has 2 heterocycles. The predicted octanol–water partition coefficient (Wildman–Crippen LogP) is 2.17. The highest BCUT2D eigenvalue weighted by atomic mass is 35.5. The van der Waals surface area contributed by atoms with Gasteiger partial charge in [-0.05, 0) is 25.5 Å². The van der Waals surface area contributed by atoms with Crippen molar-refractivity contribution < 1.29 is 9.72 Å². The molecular weight excluding hydrogens is 294 g/mol. The highest BCUT2D eigenvalue weighted by molar-refractivity contribution is 6.35. The fraction of sp³-hybridized carbons (Fsp3) is 0.500. The second-order valence-corrected chi connectivity index (χ2v) is 5.86. The van der Waals surface area contributed by atoms with Crippen molar-refractivity contribution in [3.63, 3.8) is 0 Å². The molecule has 1 aromatic carbocycles. The largest absolute Gasteiger partial charge is 0.336 e. The van der Waals surface area contributed by atoms with Gasteiger partial charge in [-0.25, -0.2) is 0 Å². The third-order valence-corrected chi connectivity index (χ3v) is 4.68. The van der Waals surface area contributed by atoms with E-state index in [0.717, 1.165) is 19.5 Å². The van der Waals surface area contributed by atoms with Crippen LogP contribution in [0.4, 0.5) is 5.69 Å². The minimum Gasteiger partial charge on any atom is -0.336 e. The summed E-state index contributed by atoms with van der Waals surface area (Å²) in [4.78, 5) is 27.1. The van der Waals surface area contributed by atoms with Crippen LogP contribution >= 0.6 is 11.6 Å². The van der Waals surface area contributed by atoms with Crippen molar-refractivity contribution in [1.82, 2.24) is 9.80 Å². The lowest BCUT2D eigenvalue weighted by Gasteiger charge is -2.37. The van der Waals surface area contributed by atoms with Crippen LogP contribution < -0.4 is 0 Å². The Morgan fingerprint density at radius 2 is 2.14 bits per heavy atom. The average Bonchev–Trinajstić information content (AvgIpc) is 2.93. The number of benzene rings is 1. The van der Waals surface area contributed by atoms with Crippen molar-refractivity contribution in [2.45, 2.75) is 18.9 Å². The van der Waals surface area contributed by atoms with E-state index in [1.165, 1.54) is 18.6 Å². The monoisotopic (exact) mass is 309 g/mol. The van der Waals surface area contributed by atoms with Crippen LogP contribution in [0.1, 0.15) is 23.2 Å². The lowest BCUT2D eigenvalue weighted by Crippen LogP contribution is -2.52. The third kappa shape index (κ3) is 2.61. The molecule has 0 radical (unpaired) electrons. The summed E-state index contributed by atoms with van der Waals surface area (Å²) in [5.74, 6) is -0.213. The van der Waals surface area contributed by atoms with E-state index in [9.17, 15) is 14.9 Å². The Balaban J connectivity index is 1.82. The molecule has 1 unspecified atom stereocenters. The van der Waals surface area contributed by atoms with Crippen LogP contribution in [-0.4, -0.2) is 52.9 Å². The minimum atomic E-state index is -0.561. The Hall–Kier alpha value is -1.66. The lowest BCUT2D eigenvalue weighted by molar-refractivity contribution is -0.384. The second kappa shape index (κ2) is 5.61. The Bertz CT molecular complexity index is 593. The number of nitrogens with zero attached hydrogens (tertiary/aromatic N) is 3. The number of rotatable bonds is 2. The second-order valence-electron chi connectivity index (χ2n) is 5.48. The maximum absolute atomic E-state index is 12.6. The van der Waals surface area contributed by atoms with E-state index in [1.54, 1.807) is 11.0 Å². The number of carbonyl (C=O) groups is 1. The first-order chi connectivity index (χ1) is 10.1. The molecule has 0 aromatic heterocycles. The maximum atomic E-state index is 12.6. The van der Waals surface area contributed by atoms with E-state index in [1.807, 2.05) is 0 Å². The zero-order valence-electron chi connectivity index (χ0n) is 11.5. The molecule has 0 spiro atoms. The number of hydrogen-bond acceptors (Lipinski definition) is 4. The molecule has 2 fully saturated rings. The maximum Gasteiger partial charge on any atom is 0.288 e. The Morgan fingerprint density at radius 1 is 1.33 bits per heavy atom. The minimum absolute atomic E-state index is 0.0682. The molecule has 7 heteroatoms. The molecule has 2 saturated heterocycles. The summed E-state index contributed by atoms with van der Waals surface area (Å²) in [6.45, 7) is 3.29. The molecule has 6 nitrogen and oxygen atoms in total. The van der Waals surface area contributed by atoms with Gasteiger partial charge in [0, 0.05) is 31.7 Å². The summed E-state index contributed by atoms with van der Waals surface area (Å²) in [6, 6.07) is 4.79. The lowest BCUT2D eigenvalue weighted by atomic mass is 10.1. The number of halogens is 1. The summed E-state index contributed by atoms with van der Waals surface area (Å²) in [5.41, 5.74) is -0.000618. The SMILES string of the molecule is O=C(c1cccc([N+](=O)[O-])c1Cl)N1CCN2CCCC2C1. The molecule has 3 rings (SSSR count). The molecule has 0 aliphatic carbocycles. The van der Waals surface area contributed by atoms with Gasteiger partial charge < -0.3 is 4.90 Å². The zero-order valence-corrected chi connectivity index (χ0v) is 12.3. The normalized spacial score (nSPS) is 22.1. The van der Waals surface area contributed by atoms with Gasteiger partial charge in [-0.2, -0.15) is 0 Å². The van der Waals surface area contributed by atoms with Crippen molar-refractivity contribution in [3.05, 3.63) is 38.9 Å². The molecule has 112 valence electrons. The fourth-order valence-electron chi connectivity index (χ4n) is 3.17. The predicted molar refractivity (Wildman–Crippen MR) is 78.6 cm³/mol. The van der Waals surface area contributed by atoms with E-state index in [0.29, 0.717) is 19.1 Å². The van der Waals surface area contributed by atoms with Crippen LogP contribution in [0, 0.1) is 10.1 Å². The van der Waals surface area contributed by atoms with Crippen molar-refractivity contribution in [2.24, 2.45) is 0 Å². The number of nitro groups is 1. The number of amides is 1. The van der Waals surface area contributed by atoms with Gasteiger partial charge in [-0.3, -0.25) is 19.8 Å². The number of nitro benzene ring substituents is 1. The van der Waals surface area contributed by atoms with Crippen LogP contribution in [0.15, 0.2) is 18.2 Å². The molecule has 2 aliphatic rings. The number of fused-ring (bicyclic) bond motifs is 1. The molecular formula is C14H16ClN3O3. The van der Waals surface area contributed by atoms with Crippen LogP contribution in [0.2, 0.25) is 5.02 Å². The van der Waals surface area contributed by atoms with Crippen molar-refractivity contribution >= 4 is 23.2 Å². The third-order valence-electron chi connectivity index (χ3n) is 4.28. The van der Waals surface area contributed by atoms with Gasteiger partial charge in [0.15, 0.2) is 0 Å². The number of hydrogen-bond donors (Lipinski definition) is 0. The zero-order chi connectivity index (χ0) is 15.0. The molecule has 0 saturated carbocycles. The number of piperazine rings is 1. The highest BCUT2D eigenvalue weighted by Crippen LogP contribution is 2.30. The summed E-state index contributed by atoms with van der Waals surface area (Å²) in [6.07, 6.45) is 2.27.